The topological polar surface area (TPSA) is 63.2 Å². The number of hydrogen-bond acceptors (Lipinski definition) is 6. The van der Waals surface area contributed by atoms with Crippen molar-refractivity contribution in [1.82, 2.24) is 0 Å². The first kappa shape index (κ1) is 17.9. The van der Waals surface area contributed by atoms with Gasteiger partial charge in [0.05, 0.1) is 0 Å². The summed E-state index contributed by atoms with van der Waals surface area (Å²) in [6.45, 7) is 1.66. The van der Waals surface area contributed by atoms with Crippen LogP contribution in [0.4, 0.5) is 0 Å². The Kier molecular flexibility index (Phi) is 4.77. The van der Waals surface area contributed by atoms with Gasteiger partial charge < -0.3 is 14.2 Å². The van der Waals surface area contributed by atoms with Gasteiger partial charge in [0.25, 0.3) is 0 Å². The lowest BCUT2D eigenvalue weighted by Crippen LogP contribution is -2.59. The molecule has 1 spiro atoms. The minimum atomic E-state index is -0.955. The maximum Gasteiger partial charge on any atom is 0.302 e. The molecule has 4 aliphatic rings. The molecule has 0 radical (unpaired) electrons. The maximum atomic E-state index is 11.0. The molecule has 5 rings (SSSR count). The van der Waals surface area contributed by atoms with Crippen molar-refractivity contribution in [3.05, 3.63) is 35.4 Å². The molecule has 1 aromatic carbocycles. The Hall–Kier alpha value is -1.47. The highest BCUT2D eigenvalue weighted by atomic mass is 17.3. The van der Waals surface area contributed by atoms with Crippen LogP contribution in [-0.4, -0.2) is 25.0 Å². The van der Waals surface area contributed by atoms with Crippen LogP contribution in [0.15, 0.2) is 24.3 Å². The Morgan fingerprint density at radius 2 is 1.96 bits per heavy atom. The molecule has 6 heteroatoms. The molecule has 26 heavy (non-hydrogen) atoms. The Bertz CT molecular complexity index is 655. The van der Waals surface area contributed by atoms with Crippen LogP contribution in [0.3, 0.4) is 0 Å². The van der Waals surface area contributed by atoms with Gasteiger partial charge in [0.2, 0.25) is 5.79 Å². The molecule has 4 fully saturated rings. The van der Waals surface area contributed by atoms with Crippen LogP contribution in [0.1, 0.15) is 56.6 Å². The summed E-state index contributed by atoms with van der Waals surface area (Å²) in [5, 5.41) is 0. The van der Waals surface area contributed by atoms with Crippen molar-refractivity contribution in [2.24, 2.45) is 5.92 Å². The van der Waals surface area contributed by atoms with E-state index in [0.717, 1.165) is 43.2 Å². The van der Waals surface area contributed by atoms with E-state index in [4.69, 9.17) is 24.0 Å². The SMILES string of the molecule is CO[C@@H]1O[C@@]2(c3ccc(COC(C)=O)cc3)CC[C@H]3CCCC[C@]31OO2. The van der Waals surface area contributed by atoms with E-state index in [-0.39, 0.29) is 12.6 Å². The van der Waals surface area contributed by atoms with Crippen molar-refractivity contribution in [2.75, 3.05) is 7.11 Å². The van der Waals surface area contributed by atoms with Crippen LogP contribution in [-0.2, 0) is 41.2 Å². The number of ether oxygens (including phenoxy) is 3. The number of carbonyl (C=O) groups is 1. The molecule has 4 atom stereocenters. The van der Waals surface area contributed by atoms with E-state index >= 15 is 0 Å². The molecule has 0 amide bonds. The number of carbonyl (C=O) groups excluding carboxylic acids is 1. The second kappa shape index (κ2) is 6.93. The first-order valence-corrected chi connectivity index (χ1v) is 9.38. The van der Waals surface area contributed by atoms with E-state index in [0.29, 0.717) is 5.92 Å². The van der Waals surface area contributed by atoms with Crippen molar-refractivity contribution >= 4 is 5.97 Å². The molecule has 6 nitrogen and oxygen atoms in total. The van der Waals surface area contributed by atoms with E-state index < -0.39 is 17.7 Å². The van der Waals surface area contributed by atoms with E-state index in [1.165, 1.54) is 13.3 Å². The van der Waals surface area contributed by atoms with Crippen LogP contribution in [0.5, 0.6) is 0 Å². The fourth-order valence-electron chi connectivity index (χ4n) is 4.54. The van der Waals surface area contributed by atoms with E-state index in [2.05, 4.69) is 0 Å². The summed E-state index contributed by atoms with van der Waals surface area (Å²) in [5.41, 5.74) is 1.31. The smallest absolute Gasteiger partial charge is 0.302 e. The van der Waals surface area contributed by atoms with Gasteiger partial charge in [-0.2, -0.15) is 4.89 Å². The van der Waals surface area contributed by atoms with Crippen molar-refractivity contribution < 1.29 is 28.8 Å². The summed E-state index contributed by atoms with van der Waals surface area (Å²) in [4.78, 5) is 22.9. The molecule has 142 valence electrons. The van der Waals surface area contributed by atoms with Crippen LogP contribution in [0.25, 0.3) is 0 Å². The number of fused-ring (bicyclic) bond motifs is 3. The average Bonchev–Trinajstić information content (AvgIpc) is 2.93. The van der Waals surface area contributed by atoms with Crippen LogP contribution < -0.4 is 0 Å². The van der Waals surface area contributed by atoms with Crippen molar-refractivity contribution in [2.45, 2.75) is 69.7 Å². The lowest BCUT2D eigenvalue weighted by atomic mass is 9.73. The van der Waals surface area contributed by atoms with E-state index in [1.807, 2.05) is 24.3 Å². The first-order chi connectivity index (χ1) is 12.6. The van der Waals surface area contributed by atoms with Crippen molar-refractivity contribution in [3.63, 3.8) is 0 Å². The predicted octanol–water partition coefficient (Wildman–Crippen LogP) is 3.58. The molecule has 3 heterocycles. The third-order valence-corrected chi connectivity index (χ3v) is 5.96. The van der Waals surface area contributed by atoms with Crippen LogP contribution in [0, 0.1) is 5.92 Å². The van der Waals surface area contributed by atoms with Crippen LogP contribution in [0.2, 0.25) is 0 Å². The number of rotatable bonds is 4. The average molecular weight is 362 g/mol. The summed E-state index contributed by atoms with van der Waals surface area (Å²) >= 11 is 0. The first-order valence-electron chi connectivity index (χ1n) is 9.38. The minimum Gasteiger partial charge on any atom is -0.461 e. The summed E-state index contributed by atoms with van der Waals surface area (Å²) < 4.78 is 17.1. The molecule has 3 aliphatic heterocycles. The third kappa shape index (κ3) is 2.95. The number of methoxy groups -OCH3 is 1. The fourth-order valence-corrected chi connectivity index (χ4v) is 4.54. The standard InChI is InChI=1S/C20H26O6/c1-14(21)23-13-15-6-8-17(9-7-15)20-12-10-16-5-3-4-11-19(16,25-26-20)18(22-2)24-20/h6-9,16,18H,3-5,10-13H2,1-2H3/t16-,18-,19+,20+/m1/s1. The molecular weight excluding hydrogens is 336 g/mol. The lowest BCUT2D eigenvalue weighted by molar-refractivity contribution is -0.558. The molecule has 1 aromatic rings. The van der Waals surface area contributed by atoms with Gasteiger partial charge >= 0.3 is 5.97 Å². The Morgan fingerprint density at radius 1 is 1.15 bits per heavy atom. The van der Waals surface area contributed by atoms with E-state index in [1.54, 1.807) is 7.11 Å². The molecular formula is C20H26O6. The van der Waals surface area contributed by atoms with Crippen LogP contribution >= 0.6 is 0 Å². The second-order valence-corrected chi connectivity index (χ2v) is 7.52. The minimum absolute atomic E-state index is 0.257. The predicted molar refractivity (Wildman–Crippen MR) is 91.6 cm³/mol. The molecule has 0 unspecified atom stereocenters. The zero-order valence-electron chi connectivity index (χ0n) is 15.4. The zero-order valence-corrected chi connectivity index (χ0v) is 15.4. The molecule has 3 saturated heterocycles. The highest BCUT2D eigenvalue weighted by molar-refractivity contribution is 5.65. The van der Waals surface area contributed by atoms with Gasteiger partial charge in [-0.25, -0.2) is 4.89 Å². The molecule has 2 bridgehead atoms. The number of benzene rings is 1. The zero-order chi connectivity index (χ0) is 18.2. The normalized spacial score (nSPS) is 36.2. The van der Waals surface area contributed by atoms with Gasteiger partial charge in [-0.1, -0.05) is 37.1 Å². The maximum absolute atomic E-state index is 11.0. The van der Waals surface area contributed by atoms with Gasteiger partial charge in [-0.3, -0.25) is 4.79 Å². The molecule has 1 saturated carbocycles. The highest BCUT2D eigenvalue weighted by Crippen LogP contribution is 2.55. The van der Waals surface area contributed by atoms with Gasteiger partial charge in [-0.15, -0.1) is 0 Å². The second-order valence-electron chi connectivity index (χ2n) is 7.52. The van der Waals surface area contributed by atoms with E-state index in [9.17, 15) is 4.79 Å². The monoisotopic (exact) mass is 362 g/mol. The van der Waals surface area contributed by atoms with Gasteiger partial charge in [-0.05, 0) is 30.7 Å². The molecule has 0 aromatic heterocycles. The fraction of sp³-hybridized carbons (Fsp3) is 0.650. The number of hydrogen-bond donors (Lipinski definition) is 0. The summed E-state index contributed by atoms with van der Waals surface area (Å²) in [7, 11) is 1.67. The summed E-state index contributed by atoms with van der Waals surface area (Å²) in [6.07, 6.45) is 5.59. The largest absolute Gasteiger partial charge is 0.461 e. The Balaban J connectivity index is 1.59. The molecule has 0 N–H and O–H groups in total. The summed E-state index contributed by atoms with van der Waals surface area (Å²) in [6, 6.07) is 7.73. The van der Waals surface area contributed by atoms with Gasteiger partial charge in [0.15, 0.2) is 11.9 Å². The molecule has 1 aliphatic carbocycles. The van der Waals surface area contributed by atoms with Crippen molar-refractivity contribution in [1.29, 1.82) is 0 Å². The van der Waals surface area contributed by atoms with Crippen molar-refractivity contribution in [3.8, 4) is 0 Å². The summed E-state index contributed by atoms with van der Waals surface area (Å²) in [5.74, 6) is -0.864. The quantitative estimate of drug-likeness (QED) is 0.603. The van der Waals surface area contributed by atoms with Gasteiger partial charge in [0, 0.05) is 26.0 Å². The lowest BCUT2D eigenvalue weighted by Gasteiger charge is -2.49. The number of esters is 1. The Morgan fingerprint density at radius 3 is 2.69 bits per heavy atom. The third-order valence-electron chi connectivity index (χ3n) is 5.96. The highest BCUT2D eigenvalue weighted by Gasteiger charge is 2.61. The Labute approximate surface area is 153 Å². The van der Waals surface area contributed by atoms with Gasteiger partial charge in [0.1, 0.15) is 6.61 Å².